The number of carbonyl (C=O) groups is 1. The third-order valence-corrected chi connectivity index (χ3v) is 5.05. The van der Waals surface area contributed by atoms with Crippen molar-refractivity contribution < 1.29 is 31.1 Å². The van der Waals surface area contributed by atoms with Crippen molar-refractivity contribution in [3.63, 3.8) is 0 Å². The van der Waals surface area contributed by atoms with Crippen LogP contribution in [0.4, 0.5) is 18.9 Å². The molecule has 10 heteroatoms. The smallest absolute Gasteiger partial charge is 0.416 e. The van der Waals surface area contributed by atoms with E-state index in [4.69, 9.17) is 4.74 Å². The van der Waals surface area contributed by atoms with E-state index in [1.165, 1.54) is 31.3 Å². The van der Waals surface area contributed by atoms with Gasteiger partial charge in [0, 0.05) is 12.6 Å². The number of sulfonamides is 1. The monoisotopic (exact) mass is 416 g/mol. The average molecular weight is 416 g/mol. The molecule has 0 radical (unpaired) electrons. The highest BCUT2D eigenvalue weighted by Crippen LogP contribution is 2.36. The van der Waals surface area contributed by atoms with E-state index in [-0.39, 0.29) is 28.5 Å². The number of anilines is 1. The standard InChI is InChI=1S/C18H19F3N2O4S/c1-3-10-27-16-9-6-13(18(19,20)21)11-15(16)23-28(25,26)14-7-4-12(5-8-14)17(24)22-2/h4-9,11,23H,3,10H2,1-2H3,(H,22,24). The summed E-state index contributed by atoms with van der Waals surface area (Å²) in [5.41, 5.74) is -1.09. The molecule has 0 aliphatic carbocycles. The molecular weight excluding hydrogens is 397 g/mol. The third kappa shape index (κ3) is 5.16. The summed E-state index contributed by atoms with van der Waals surface area (Å²) in [4.78, 5) is 11.3. The van der Waals surface area contributed by atoms with Crippen LogP contribution in [0.25, 0.3) is 0 Å². The van der Waals surface area contributed by atoms with Crippen molar-refractivity contribution in [1.29, 1.82) is 0 Å². The van der Waals surface area contributed by atoms with Crippen LogP contribution in [0.2, 0.25) is 0 Å². The Morgan fingerprint density at radius 2 is 1.75 bits per heavy atom. The van der Waals surface area contributed by atoms with Gasteiger partial charge in [0.15, 0.2) is 0 Å². The molecule has 28 heavy (non-hydrogen) atoms. The maximum absolute atomic E-state index is 13.0. The van der Waals surface area contributed by atoms with Crippen molar-refractivity contribution in [2.45, 2.75) is 24.4 Å². The van der Waals surface area contributed by atoms with Crippen LogP contribution in [0, 0.1) is 0 Å². The zero-order valence-electron chi connectivity index (χ0n) is 15.1. The molecule has 2 N–H and O–H groups in total. The van der Waals surface area contributed by atoms with E-state index in [1.807, 2.05) is 6.92 Å². The fraction of sp³-hybridized carbons (Fsp3) is 0.278. The topological polar surface area (TPSA) is 84.5 Å². The molecule has 0 spiro atoms. The van der Waals surface area contributed by atoms with Crippen LogP contribution < -0.4 is 14.8 Å². The first kappa shape index (κ1) is 21.5. The molecule has 2 aromatic rings. The van der Waals surface area contributed by atoms with E-state index in [2.05, 4.69) is 10.0 Å². The predicted molar refractivity (Wildman–Crippen MR) is 97.9 cm³/mol. The van der Waals surface area contributed by atoms with Crippen LogP contribution in [0.5, 0.6) is 5.75 Å². The van der Waals surface area contributed by atoms with E-state index >= 15 is 0 Å². The zero-order chi connectivity index (χ0) is 20.9. The average Bonchev–Trinajstić information content (AvgIpc) is 2.65. The van der Waals surface area contributed by atoms with E-state index in [0.717, 1.165) is 12.1 Å². The molecule has 2 aromatic carbocycles. The van der Waals surface area contributed by atoms with Crippen molar-refractivity contribution in [3.05, 3.63) is 53.6 Å². The van der Waals surface area contributed by atoms with Crippen molar-refractivity contribution in [3.8, 4) is 5.75 Å². The molecule has 0 saturated carbocycles. The van der Waals surface area contributed by atoms with Gasteiger partial charge in [0.1, 0.15) is 5.75 Å². The first-order valence-electron chi connectivity index (χ1n) is 8.27. The first-order valence-corrected chi connectivity index (χ1v) is 9.76. The third-order valence-electron chi connectivity index (χ3n) is 3.67. The van der Waals surface area contributed by atoms with Gasteiger partial charge in [-0.1, -0.05) is 6.92 Å². The van der Waals surface area contributed by atoms with E-state index in [0.29, 0.717) is 12.5 Å². The van der Waals surface area contributed by atoms with Crippen molar-refractivity contribution in [2.75, 3.05) is 18.4 Å². The van der Waals surface area contributed by atoms with Gasteiger partial charge in [-0.15, -0.1) is 0 Å². The molecule has 0 aromatic heterocycles. The zero-order valence-corrected chi connectivity index (χ0v) is 15.9. The Labute approximate surface area is 160 Å². The highest BCUT2D eigenvalue weighted by molar-refractivity contribution is 7.92. The number of ether oxygens (including phenoxy) is 1. The van der Waals surface area contributed by atoms with Gasteiger partial charge in [-0.3, -0.25) is 9.52 Å². The minimum atomic E-state index is -4.64. The van der Waals surface area contributed by atoms with Crippen LogP contribution in [-0.4, -0.2) is 28.0 Å². The lowest BCUT2D eigenvalue weighted by atomic mass is 10.2. The van der Waals surface area contributed by atoms with Crippen LogP contribution in [0.3, 0.4) is 0 Å². The molecule has 0 bridgehead atoms. The fourth-order valence-corrected chi connectivity index (χ4v) is 3.32. The minimum absolute atomic E-state index is 0.0135. The summed E-state index contributed by atoms with van der Waals surface area (Å²) >= 11 is 0. The number of alkyl halides is 3. The summed E-state index contributed by atoms with van der Waals surface area (Å²) in [6.07, 6.45) is -4.05. The maximum Gasteiger partial charge on any atom is 0.416 e. The Kier molecular flexibility index (Phi) is 6.55. The molecule has 0 atom stereocenters. The second kappa shape index (κ2) is 8.51. The highest BCUT2D eigenvalue weighted by Gasteiger charge is 2.32. The molecule has 152 valence electrons. The largest absolute Gasteiger partial charge is 0.491 e. The molecule has 2 rings (SSSR count). The van der Waals surface area contributed by atoms with Gasteiger partial charge >= 0.3 is 6.18 Å². The molecule has 6 nitrogen and oxygen atoms in total. The molecule has 0 saturated heterocycles. The van der Waals surface area contributed by atoms with Gasteiger partial charge < -0.3 is 10.1 Å². The fourth-order valence-electron chi connectivity index (χ4n) is 2.26. The van der Waals surface area contributed by atoms with Gasteiger partial charge in [0.2, 0.25) is 0 Å². The molecule has 0 unspecified atom stereocenters. The van der Waals surface area contributed by atoms with E-state index in [1.54, 1.807) is 0 Å². The lowest BCUT2D eigenvalue weighted by Crippen LogP contribution is -2.18. The lowest BCUT2D eigenvalue weighted by Gasteiger charge is -2.16. The van der Waals surface area contributed by atoms with Crippen LogP contribution >= 0.6 is 0 Å². The number of benzene rings is 2. The van der Waals surface area contributed by atoms with Crippen LogP contribution in [-0.2, 0) is 16.2 Å². The number of hydrogen-bond donors (Lipinski definition) is 2. The molecule has 0 fully saturated rings. The van der Waals surface area contributed by atoms with Gasteiger partial charge in [-0.25, -0.2) is 8.42 Å². The summed E-state index contributed by atoms with van der Waals surface area (Å²) in [5.74, 6) is -0.412. The second-order valence-electron chi connectivity index (χ2n) is 5.77. The molecule has 0 aliphatic heterocycles. The Morgan fingerprint density at radius 3 is 2.29 bits per heavy atom. The van der Waals surface area contributed by atoms with Gasteiger partial charge in [-0.2, -0.15) is 13.2 Å². The number of halogens is 3. The highest BCUT2D eigenvalue weighted by atomic mass is 32.2. The quantitative estimate of drug-likeness (QED) is 0.722. The Balaban J connectivity index is 2.39. The summed E-state index contributed by atoms with van der Waals surface area (Å²) in [5, 5.41) is 2.40. The Morgan fingerprint density at radius 1 is 1.11 bits per heavy atom. The van der Waals surface area contributed by atoms with Crippen molar-refractivity contribution in [1.82, 2.24) is 5.32 Å². The first-order chi connectivity index (χ1) is 13.1. The molecule has 1 amide bonds. The molecule has 0 heterocycles. The predicted octanol–water partition coefficient (Wildman–Crippen LogP) is 3.65. The number of nitrogens with one attached hydrogen (secondary N) is 2. The van der Waals surface area contributed by atoms with Crippen LogP contribution in [0.15, 0.2) is 47.4 Å². The van der Waals surface area contributed by atoms with E-state index < -0.39 is 27.7 Å². The normalized spacial score (nSPS) is 11.8. The SMILES string of the molecule is CCCOc1ccc(C(F)(F)F)cc1NS(=O)(=O)c1ccc(C(=O)NC)cc1. The van der Waals surface area contributed by atoms with Crippen molar-refractivity contribution >= 4 is 21.6 Å². The maximum atomic E-state index is 13.0. The summed E-state index contributed by atoms with van der Waals surface area (Å²) in [6, 6.07) is 7.55. The molecule has 0 aliphatic rings. The Hall–Kier alpha value is -2.75. The Bertz CT molecular complexity index is 942. The van der Waals surface area contributed by atoms with Crippen molar-refractivity contribution in [2.24, 2.45) is 0 Å². The van der Waals surface area contributed by atoms with Gasteiger partial charge in [0.05, 0.1) is 22.8 Å². The number of rotatable bonds is 7. The number of carbonyl (C=O) groups excluding carboxylic acids is 1. The number of amides is 1. The summed E-state index contributed by atoms with van der Waals surface area (Å²) < 4.78 is 71.7. The second-order valence-corrected chi connectivity index (χ2v) is 7.45. The number of hydrogen-bond acceptors (Lipinski definition) is 4. The van der Waals surface area contributed by atoms with Gasteiger partial charge in [0.25, 0.3) is 15.9 Å². The minimum Gasteiger partial charge on any atom is -0.491 e. The summed E-state index contributed by atoms with van der Waals surface area (Å²) in [6.45, 7) is 2.02. The summed E-state index contributed by atoms with van der Waals surface area (Å²) in [7, 11) is -2.77. The lowest BCUT2D eigenvalue weighted by molar-refractivity contribution is -0.137. The molecular formula is C18H19F3N2O4S. The van der Waals surface area contributed by atoms with Gasteiger partial charge in [-0.05, 0) is 48.9 Å². The van der Waals surface area contributed by atoms with Crippen LogP contribution in [0.1, 0.15) is 29.3 Å². The van der Waals surface area contributed by atoms with E-state index in [9.17, 15) is 26.4 Å².